The van der Waals surface area contributed by atoms with Crippen LogP contribution in [0.1, 0.15) is 71.9 Å². The third kappa shape index (κ3) is 7.24. The van der Waals surface area contributed by atoms with Crippen molar-refractivity contribution in [2.75, 3.05) is 17.7 Å². The van der Waals surface area contributed by atoms with Crippen LogP contribution in [0.25, 0.3) is 0 Å². The zero-order chi connectivity index (χ0) is 29.5. The summed E-state index contributed by atoms with van der Waals surface area (Å²) in [5, 5.41) is 6.64. The Labute approximate surface area is 258 Å². The maximum atomic E-state index is 13.6. The predicted octanol–water partition coefficient (Wildman–Crippen LogP) is 8.34. The highest BCUT2D eigenvalue weighted by atomic mass is 35.7. The van der Waals surface area contributed by atoms with E-state index in [1.165, 1.54) is 34.5 Å². The molecule has 0 saturated carbocycles. The van der Waals surface area contributed by atoms with Gasteiger partial charge >= 0.3 is 5.97 Å². The topological polar surface area (TPSA) is 84.5 Å². The Kier molecular flexibility index (Phi) is 10.00. The van der Waals surface area contributed by atoms with E-state index in [-0.39, 0.29) is 17.8 Å². The molecular formula is C33H31ClN2O4S2. The molecule has 0 unspecified atom stereocenters. The molecule has 4 aromatic rings. The van der Waals surface area contributed by atoms with Gasteiger partial charge in [0, 0.05) is 21.0 Å². The van der Waals surface area contributed by atoms with Gasteiger partial charge in [-0.25, -0.2) is 4.79 Å². The third-order valence-corrected chi connectivity index (χ3v) is 9.50. The standard InChI is InChI=1S/C33H31ClN2O4S2/c1-40-33(39)23-16-12-21(13-17-23)6-4-7-22-14-18-25(19-15-22)35-31(38)29-27-10-2-3-11-28(27)41-32(29)36-30(37)24-8-5-9-26(20-24)42-34/h5,8-9,12-20H,2-4,6-7,10-11H2,1H3,(H,35,38)(H,36,37). The van der Waals surface area contributed by atoms with Crippen LogP contribution in [0, 0.1) is 0 Å². The van der Waals surface area contributed by atoms with E-state index in [1.807, 2.05) is 42.5 Å². The Hall–Kier alpha value is -3.59. The van der Waals surface area contributed by atoms with Crippen molar-refractivity contribution in [2.24, 2.45) is 0 Å². The summed E-state index contributed by atoms with van der Waals surface area (Å²) in [6.45, 7) is 0. The molecule has 0 bridgehead atoms. The summed E-state index contributed by atoms with van der Waals surface area (Å²) in [6, 6.07) is 22.5. The first-order valence-corrected chi connectivity index (χ1v) is 16.3. The molecular weight excluding hydrogens is 588 g/mol. The largest absolute Gasteiger partial charge is 0.465 e. The second kappa shape index (κ2) is 14.1. The number of anilines is 2. The second-order valence-electron chi connectivity index (χ2n) is 10.2. The lowest BCUT2D eigenvalue weighted by Crippen LogP contribution is -2.18. The number of nitrogens with one attached hydrogen (secondary N) is 2. The number of esters is 1. The van der Waals surface area contributed by atoms with E-state index in [4.69, 9.17) is 15.4 Å². The molecule has 2 amide bonds. The number of thiophene rings is 1. The van der Waals surface area contributed by atoms with E-state index in [1.54, 1.807) is 30.3 Å². The van der Waals surface area contributed by atoms with Crippen molar-refractivity contribution in [2.45, 2.75) is 49.8 Å². The maximum Gasteiger partial charge on any atom is 0.337 e. The van der Waals surface area contributed by atoms with E-state index >= 15 is 0 Å². The van der Waals surface area contributed by atoms with Crippen LogP contribution in [0.5, 0.6) is 0 Å². The summed E-state index contributed by atoms with van der Waals surface area (Å²) in [6.07, 6.45) is 6.59. The number of aryl methyl sites for hydroxylation is 3. The Balaban J connectivity index is 1.23. The van der Waals surface area contributed by atoms with E-state index < -0.39 is 0 Å². The molecule has 0 atom stereocenters. The van der Waals surface area contributed by atoms with Crippen LogP contribution < -0.4 is 10.6 Å². The number of hydrogen-bond donors (Lipinski definition) is 2. The van der Waals surface area contributed by atoms with E-state index in [0.717, 1.165) is 66.4 Å². The average molecular weight is 619 g/mol. The zero-order valence-corrected chi connectivity index (χ0v) is 25.6. The van der Waals surface area contributed by atoms with E-state index in [2.05, 4.69) is 10.6 Å². The van der Waals surface area contributed by atoms with Gasteiger partial charge in [0.1, 0.15) is 5.00 Å². The molecule has 0 saturated heterocycles. The summed E-state index contributed by atoms with van der Waals surface area (Å²) < 4.78 is 4.75. The average Bonchev–Trinajstić information content (AvgIpc) is 3.39. The normalized spacial score (nSPS) is 12.3. The zero-order valence-electron chi connectivity index (χ0n) is 23.2. The highest BCUT2D eigenvalue weighted by Crippen LogP contribution is 2.39. The molecule has 2 N–H and O–H groups in total. The minimum Gasteiger partial charge on any atom is -0.465 e. The van der Waals surface area contributed by atoms with E-state index in [9.17, 15) is 14.4 Å². The molecule has 6 nitrogen and oxygen atoms in total. The monoisotopic (exact) mass is 618 g/mol. The van der Waals surface area contributed by atoms with Crippen molar-refractivity contribution in [3.63, 3.8) is 0 Å². The van der Waals surface area contributed by atoms with Crippen LogP contribution in [0.4, 0.5) is 10.7 Å². The van der Waals surface area contributed by atoms with Gasteiger partial charge in [-0.05, 0) is 126 Å². The fourth-order valence-corrected chi connectivity index (χ4v) is 7.00. The lowest BCUT2D eigenvalue weighted by Gasteiger charge is -2.14. The number of fused-ring (bicyclic) bond motifs is 1. The van der Waals surface area contributed by atoms with Crippen LogP contribution in [0.3, 0.4) is 0 Å². The molecule has 9 heteroatoms. The molecule has 1 aliphatic rings. The van der Waals surface area contributed by atoms with Crippen molar-refractivity contribution in [3.8, 4) is 0 Å². The molecule has 1 aromatic heterocycles. The van der Waals surface area contributed by atoms with Gasteiger partial charge in [-0.15, -0.1) is 11.3 Å². The number of ether oxygens (including phenoxy) is 1. The highest BCUT2D eigenvalue weighted by molar-refractivity contribution is 8.21. The van der Waals surface area contributed by atoms with E-state index in [0.29, 0.717) is 27.4 Å². The summed E-state index contributed by atoms with van der Waals surface area (Å²) in [7, 11) is 8.31. The molecule has 0 fully saturated rings. The lowest BCUT2D eigenvalue weighted by molar-refractivity contribution is 0.0600. The van der Waals surface area contributed by atoms with Gasteiger partial charge in [-0.1, -0.05) is 30.3 Å². The Bertz CT molecular complexity index is 1580. The van der Waals surface area contributed by atoms with Gasteiger partial charge < -0.3 is 15.4 Å². The van der Waals surface area contributed by atoms with Gasteiger partial charge in [0.25, 0.3) is 11.8 Å². The molecule has 3 aromatic carbocycles. The second-order valence-corrected chi connectivity index (χ2v) is 12.4. The SMILES string of the molecule is COC(=O)c1ccc(CCCc2ccc(NC(=O)c3c(NC(=O)c4cccc(SCl)c4)sc4c3CCCC4)cc2)cc1. The predicted molar refractivity (Wildman–Crippen MR) is 171 cm³/mol. The van der Waals surface area contributed by atoms with Gasteiger partial charge in [-0.2, -0.15) is 0 Å². The summed E-state index contributed by atoms with van der Waals surface area (Å²) >= 11 is 1.50. The molecule has 0 radical (unpaired) electrons. The first-order chi connectivity index (χ1) is 20.4. The summed E-state index contributed by atoms with van der Waals surface area (Å²) in [4.78, 5) is 40.2. The van der Waals surface area contributed by atoms with Crippen LogP contribution in [0.2, 0.25) is 0 Å². The number of rotatable bonds is 10. The summed E-state index contributed by atoms with van der Waals surface area (Å²) in [5.74, 6) is -0.807. The maximum absolute atomic E-state index is 13.6. The summed E-state index contributed by atoms with van der Waals surface area (Å²) in [5.41, 5.74) is 5.70. The first-order valence-electron chi connectivity index (χ1n) is 13.9. The number of benzene rings is 3. The van der Waals surface area contributed by atoms with Crippen molar-refractivity contribution in [1.29, 1.82) is 0 Å². The van der Waals surface area contributed by atoms with Gasteiger partial charge in [0.2, 0.25) is 0 Å². The molecule has 42 heavy (non-hydrogen) atoms. The molecule has 5 rings (SSSR count). The number of carbonyl (C=O) groups excluding carboxylic acids is 3. The first kappa shape index (κ1) is 29.9. The minimum absolute atomic E-state index is 0.210. The van der Waals surface area contributed by atoms with Gasteiger partial charge in [0.05, 0.1) is 18.2 Å². The molecule has 0 spiro atoms. The number of carbonyl (C=O) groups is 3. The third-order valence-electron chi connectivity index (χ3n) is 7.33. The molecule has 216 valence electrons. The van der Waals surface area contributed by atoms with Crippen molar-refractivity contribution in [1.82, 2.24) is 0 Å². The number of methoxy groups -OCH3 is 1. The van der Waals surface area contributed by atoms with Gasteiger partial charge in [-0.3, -0.25) is 9.59 Å². The molecule has 1 heterocycles. The van der Waals surface area contributed by atoms with Crippen molar-refractivity contribution in [3.05, 3.63) is 111 Å². The number of amides is 2. The molecule has 0 aliphatic heterocycles. The number of halogens is 1. The van der Waals surface area contributed by atoms with Gasteiger partial charge in [0.15, 0.2) is 0 Å². The number of hydrogen-bond acceptors (Lipinski definition) is 6. The minimum atomic E-state index is -0.332. The van der Waals surface area contributed by atoms with Crippen LogP contribution in [0.15, 0.2) is 77.7 Å². The quantitative estimate of drug-likeness (QED) is 0.175. The van der Waals surface area contributed by atoms with Crippen LogP contribution >= 0.6 is 33.0 Å². The smallest absolute Gasteiger partial charge is 0.337 e. The van der Waals surface area contributed by atoms with Crippen molar-refractivity contribution < 1.29 is 19.1 Å². The lowest BCUT2D eigenvalue weighted by atomic mass is 9.95. The Morgan fingerprint density at radius 2 is 1.55 bits per heavy atom. The van der Waals surface area contributed by atoms with Crippen LogP contribution in [-0.4, -0.2) is 24.9 Å². The van der Waals surface area contributed by atoms with Crippen molar-refractivity contribution >= 4 is 61.5 Å². The Morgan fingerprint density at radius 3 is 2.24 bits per heavy atom. The highest BCUT2D eigenvalue weighted by Gasteiger charge is 2.27. The molecule has 1 aliphatic carbocycles. The fourth-order valence-electron chi connectivity index (χ4n) is 5.13. The fraction of sp³-hybridized carbons (Fsp3) is 0.242. The van der Waals surface area contributed by atoms with Crippen LogP contribution in [-0.2, 0) is 30.4 Å². The Morgan fingerprint density at radius 1 is 0.857 bits per heavy atom.